The van der Waals surface area contributed by atoms with Crippen LogP contribution in [0.1, 0.15) is 20.8 Å². The first-order valence-electron chi connectivity index (χ1n) is 10.3. The minimum Gasteiger partial charge on any atom is -0.497 e. The van der Waals surface area contributed by atoms with Gasteiger partial charge in [0, 0.05) is 12.1 Å². The molecular weight excluding hydrogens is 475 g/mol. The van der Waals surface area contributed by atoms with Gasteiger partial charge in [0.05, 0.1) is 40.5 Å². The van der Waals surface area contributed by atoms with Gasteiger partial charge in [-0.15, -0.1) is 0 Å². The number of ether oxygens (including phenoxy) is 3. The highest BCUT2D eigenvalue weighted by molar-refractivity contribution is 7.91. The fraction of sp³-hybridized carbons (Fsp3) is 0.364. The van der Waals surface area contributed by atoms with Crippen LogP contribution in [-0.4, -0.2) is 50.1 Å². The van der Waals surface area contributed by atoms with Crippen molar-refractivity contribution in [2.45, 2.75) is 37.9 Å². The summed E-state index contributed by atoms with van der Waals surface area (Å²) in [4.78, 5) is 8.38. The van der Waals surface area contributed by atoms with Crippen molar-refractivity contribution in [2.24, 2.45) is 0 Å². The first-order chi connectivity index (χ1) is 15.9. The average molecular weight is 500 g/mol. The highest BCUT2D eigenvalue weighted by Crippen LogP contribution is 2.38. The summed E-state index contributed by atoms with van der Waals surface area (Å²) in [5.41, 5.74) is 0.438. The number of nitrogens with one attached hydrogen (secondary N) is 1. The molecule has 0 radical (unpaired) electrons. The number of alkyl halides is 3. The summed E-state index contributed by atoms with van der Waals surface area (Å²) in [5.74, 6) is 0.670. The number of methoxy groups -OCH3 is 1. The van der Waals surface area contributed by atoms with Gasteiger partial charge < -0.3 is 19.5 Å². The second kappa shape index (κ2) is 9.92. The molecule has 0 atom stereocenters. The molecule has 0 spiro atoms. The standard InChI is InChI=1S/C22H24F3N3O5S/c1-5-34(29,30)15-6-7-18(32-11-22(23,24)25)16(10-15)28-21-20-17(26-12-27-21)8-14(31-4)9-19(20)33-13(2)3/h6-10,12-13H,5,11H2,1-4H3,(H,26,27,28). The van der Waals surface area contributed by atoms with E-state index in [-0.39, 0.29) is 34.0 Å². The highest BCUT2D eigenvalue weighted by Gasteiger charge is 2.29. The maximum absolute atomic E-state index is 12.8. The summed E-state index contributed by atoms with van der Waals surface area (Å²) in [7, 11) is -2.15. The molecule has 0 aliphatic carbocycles. The molecule has 0 aliphatic rings. The Labute approximate surface area is 195 Å². The second-order valence-corrected chi connectivity index (χ2v) is 9.78. The molecule has 1 N–H and O–H groups in total. The van der Waals surface area contributed by atoms with Crippen LogP contribution in [0.3, 0.4) is 0 Å². The Morgan fingerprint density at radius 2 is 1.82 bits per heavy atom. The quantitative estimate of drug-likeness (QED) is 0.444. The number of hydrogen-bond donors (Lipinski definition) is 1. The Kier molecular flexibility index (Phi) is 7.39. The fourth-order valence-corrected chi connectivity index (χ4v) is 3.97. The van der Waals surface area contributed by atoms with Crippen molar-refractivity contribution in [3.05, 3.63) is 36.7 Å². The zero-order chi connectivity index (χ0) is 25.1. The fourth-order valence-electron chi connectivity index (χ4n) is 3.07. The zero-order valence-electron chi connectivity index (χ0n) is 18.9. The number of sulfone groups is 1. The predicted molar refractivity (Wildman–Crippen MR) is 121 cm³/mol. The van der Waals surface area contributed by atoms with E-state index in [0.29, 0.717) is 22.4 Å². The minimum atomic E-state index is -4.58. The summed E-state index contributed by atoms with van der Waals surface area (Å²) >= 11 is 0. The molecule has 3 rings (SSSR count). The van der Waals surface area contributed by atoms with Crippen molar-refractivity contribution < 1.29 is 35.8 Å². The molecule has 0 saturated heterocycles. The van der Waals surface area contributed by atoms with Crippen LogP contribution in [0.15, 0.2) is 41.6 Å². The molecule has 0 bridgehead atoms. The summed E-state index contributed by atoms with van der Waals surface area (Å²) in [5, 5.41) is 3.34. The van der Waals surface area contributed by atoms with Crippen LogP contribution in [-0.2, 0) is 9.84 Å². The maximum atomic E-state index is 12.8. The number of fused-ring (bicyclic) bond motifs is 1. The summed E-state index contributed by atoms with van der Waals surface area (Å²) in [6.45, 7) is 3.57. The van der Waals surface area contributed by atoms with E-state index in [4.69, 9.17) is 14.2 Å². The van der Waals surface area contributed by atoms with Crippen molar-refractivity contribution in [3.63, 3.8) is 0 Å². The number of nitrogens with zero attached hydrogens (tertiary/aromatic N) is 2. The third-order valence-corrected chi connectivity index (χ3v) is 6.34. The molecule has 0 aliphatic heterocycles. The van der Waals surface area contributed by atoms with Gasteiger partial charge in [0.2, 0.25) is 0 Å². The molecule has 34 heavy (non-hydrogen) atoms. The lowest BCUT2D eigenvalue weighted by atomic mass is 10.2. The van der Waals surface area contributed by atoms with Gasteiger partial charge in [-0.1, -0.05) is 6.92 Å². The molecule has 2 aromatic carbocycles. The van der Waals surface area contributed by atoms with Crippen LogP contribution in [0.2, 0.25) is 0 Å². The van der Waals surface area contributed by atoms with Crippen molar-refractivity contribution >= 4 is 32.2 Å². The third-order valence-electron chi connectivity index (χ3n) is 4.61. The van der Waals surface area contributed by atoms with Crippen LogP contribution in [0.25, 0.3) is 10.9 Å². The number of hydrogen-bond acceptors (Lipinski definition) is 8. The normalized spacial score (nSPS) is 12.1. The molecule has 3 aromatic rings. The Hall–Kier alpha value is -3.28. The summed E-state index contributed by atoms with van der Waals surface area (Å²) < 4.78 is 79.3. The van der Waals surface area contributed by atoms with Crippen LogP contribution < -0.4 is 19.5 Å². The molecule has 1 heterocycles. The topological polar surface area (TPSA) is 99.6 Å². The van der Waals surface area contributed by atoms with Gasteiger partial charge in [0.15, 0.2) is 16.4 Å². The first kappa shape index (κ1) is 25.3. The number of halogens is 3. The maximum Gasteiger partial charge on any atom is 0.422 e. The number of benzene rings is 2. The van der Waals surface area contributed by atoms with Crippen LogP contribution >= 0.6 is 0 Å². The van der Waals surface area contributed by atoms with Crippen molar-refractivity contribution in [1.82, 2.24) is 9.97 Å². The van der Waals surface area contributed by atoms with Gasteiger partial charge in [0.1, 0.15) is 29.4 Å². The van der Waals surface area contributed by atoms with Crippen LogP contribution in [0.4, 0.5) is 24.7 Å². The molecule has 0 fully saturated rings. The van der Waals surface area contributed by atoms with E-state index in [1.165, 1.54) is 38.6 Å². The number of anilines is 2. The van der Waals surface area contributed by atoms with E-state index in [1.807, 2.05) is 13.8 Å². The lowest BCUT2D eigenvalue weighted by molar-refractivity contribution is -0.153. The number of aromatic nitrogens is 2. The van der Waals surface area contributed by atoms with Gasteiger partial charge in [-0.3, -0.25) is 0 Å². The molecule has 8 nitrogen and oxygen atoms in total. The van der Waals surface area contributed by atoms with Crippen molar-refractivity contribution in [3.8, 4) is 17.2 Å². The van der Waals surface area contributed by atoms with Gasteiger partial charge in [-0.2, -0.15) is 13.2 Å². The van der Waals surface area contributed by atoms with Crippen LogP contribution in [0.5, 0.6) is 17.2 Å². The smallest absolute Gasteiger partial charge is 0.422 e. The molecular formula is C22H24F3N3O5S. The van der Waals surface area contributed by atoms with E-state index in [2.05, 4.69) is 15.3 Å². The summed E-state index contributed by atoms with van der Waals surface area (Å²) in [6.07, 6.45) is -3.54. The molecule has 0 amide bonds. The largest absolute Gasteiger partial charge is 0.497 e. The Morgan fingerprint density at radius 3 is 2.44 bits per heavy atom. The van der Waals surface area contributed by atoms with Crippen LogP contribution in [0, 0.1) is 0 Å². The SMILES string of the molecule is CCS(=O)(=O)c1ccc(OCC(F)(F)F)c(Nc2ncnc3cc(OC)cc(OC(C)C)c23)c1. The molecule has 0 saturated carbocycles. The molecule has 12 heteroatoms. The monoisotopic (exact) mass is 499 g/mol. The van der Waals surface area contributed by atoms with E-state index < -0.39 is 22.6 Å². The second-order valence-electron chi connectivity index (χ2n) is 7.50. The van der Waals surface area contributed by atoms with Crippen molar-refractivity contribution in [1.29, 1.82) is 0 Å². The first-order valence-corrected chi connectivity index (χ1v) is 11.9. The lowest BCUT2D eigenvalue weighted by Gasteiger charge is -2.18. The Bertz CT molecular complexity index is 1280. The number of rotatable bonds is 9. The Balaban J connectivity index is 2.16. The van der Waals surface area contributed by atoms with E-state index >= 15 is 0 Å². The summed E-state index contributed by atoms with van der Waals surface area (Å²) in [6, 6.07) is 6.87. The van der Waals surface area contributed by atoms with E-state index in [0.717, 1.165) is 0 Å². The third kappa shape index (κ3) is 5.99. The van der Waals surface area contributed by atoms with Gasteiger partial charge in [-0.25, -0.2) is 18.4 Å². The Morgan fingerprint density at radius 1 is 1.09 bits per heavy atom. The van der Waals surface area contributed by atoms with Gasteiger partial charge >= 0.3 is 6.18 Å². The molecule has 184 valence electrons. The van der Waals surface area contributed by atoms with Gasteiger partial charge in [-0.05, 0) is 32.0 Å². The van der Waals surface area contributed by atoms with E-state index in [1.54, 1.807) is 12.1 Å². The van der Waals surface area contributed by atoms with E-state index in [9.17, 15) is 21.6 Å². The minimum absolute atomic E-state index is 0.00918. The van der Waals surface area contributed by atoms with Gasteiger partial charge in [0.25, 0.3) is 0 Å². The molecule has 1 aromatic heterocycles. The average Bonchev–Trinajstić information content (AvgIpc) is 2.77. The highest BCUT2D eigenvalue weighted by atomic mass is 32.2. The molecule has 0 unspecified atom stereocenters. The predicted octanol–water partition coefficient (Wildman–Crippen LogP) is 4.90. The zero-order valence-corrected chi connectivity index (χ0v) is 19.7. The lowest BCUT2D eigenvalue weighted by Crippen LogP contribution is -2.19. The van der Waals surface area contributed by atoms with Crippen molar-refractivity contribution in [2.75, 3.05) is 24.8 Å².